The molecule has 2 aliphatic rings. The van der Waals surface area contributed by atoms with Crippen molar-refractivity contribution >= 4 is 17.8 Å². The van der Waals surface area contributed by atoms with Gasteiger partial charge in [-0.15, -0.1) is 0 Å². The number of barbiturate groups is 1. The third kappa shape index (κ3) is 5.57. The van der Waals surface area contributed by atoms with Gasteiger partial charge in [-0.3, -0.25) is 24.3 Å². The first-order valence-corrected chi connectivity index (χ1v) is 14.6. The highest BCUT2D eigenvalue weighted by molar-refractivity contribution is 6.19. The van der Waals surface area contributed by atoms with E-state index in [0.29, 0.717) is 48.1 Å². The minimum Gasteiger partial charge on any atom is -0.493 e. The number of amides is 4. The summed E-state index contributed by atoms with van der Waals surface area (Å²) in [6.45, 7) is 3.15. The van der Waals surface area contributed by atoms with Crippen LogP contribution >= 0.6 is 0 Å². The molecule has 232 valence electrons. The lowest BCUT2D eigenvalue weighted by Gasteiger charge is -2.46. The Balaban J connectivity index is 1.48. The van der Waals surface area contributed by atoms with Gasteiger partial charge in [0.05, 0.1) is 21.3 Å². The molecule has 44 heavy (non-hydrogen) atoms. The van der Waals surface area contributed by atoms with Gasteiger partial charge in [0, 0.05) is 33.2 Å². The molecule has 0 aliphatic carbocycles. The summed E-state index contributed by atoms with van der Waals surface area (Å²) >= 11 is 0. The zero-order valence-electron chi connectivity index (χ0n) is 26.1. The molecule has 5 rings (SSSR count). The van der Waals surface area contributed by atoms with E-state index in [4.69, 9.17) is 18.9 Å². The lowest BCUT2D eigenvalue weighted by atomic mass is 9.76. The van der Waals surface area contributed by atoms with E-state index in [0.717, 1.165) is 26.5 Å². The second-order valence-electron chi connectivity index (χ2n) is 11.3. The first kappa shape index (κ1) is 30.9. The van der Waals surface area contributed by atoms with Crippen molar-refractivity contribution in [2.75, 3.05) is 48.5 Å². The van der Waals surface area contributed by atoms with Crippen molar-refractivity contribution in [2.45, 2.75) is 32.4 Å². The number of hydrogen-bond acceptors (Lipinski definition) is 8. The molecule has 0 aromatic heterocycles. The van der Waals surface area contributed by atoms with Crippen LogP contribution in [0.2, 0.25) is 0 Å². The number of carbonyl (C=O) groups excluding carboxylic acids is 3. The number of nitrogens with zero attached hydrogens (tertiary/aromatic N) is 3. The van der Waals surface area contributed by atoms with Crippen molar-refractivity contribution in [3.63, 3.8) is 0 Å². The Bertz CT molecular complexity index is 1530. The molecule has 0 bridgehead atoms. The van der Waals surface area contributed by atoms with Crippen molar-refractivity contribution in [3.8, 4) is 23.0 Å². The average Bonchev–Trinajstić information content (AvgIpc) is 3.06. The highest BCUT2D eigenvalue weighted by Gasteiger charge is 2.56. The van der Waals surface area contributed by atoms with E-state index in [2.05, 4.69) is 11.8 Å². The molecule has 3 aromatic rings. The fraction of sp³-hybridized carbons (Fsp3) is 0.382. The number of imide groups is 2. The molecule has 0 unspecified atom stereocenters. The number of ether oxygens (including phenoxy) is 4. The summed E-state index contributed by atoms with van der Waals surface area (Å²) in [4.78, 5) is 45.1. The van der Waals surface area contributed by atoms with Crippen molar-refractivity contribution in [1.82, 2.24) is 14.7 Å². The fourth-order valence-corrected chi connectivity index (χ4v) is 6.26. The minimum atomic E-state index is -1.54. The first-order valence-electron chi connectivity index (χ1n) is 14.6. The minimum absolute atomic E-state index is 0.0734. The summed E-state index contributed by atoms with van der Waals surface area (Å²) in [5.74, 6) is 1.26. The molecule has 10 nitrogen and oxygen atoms in total. The molecule has 0 spiro atoms. The number of urea groups is 1. The van der Waals surface area contributed by atoms with Crippen LogP contribution in [0.25, 0.3) is 0 Å². The number of benzene rings is 3. The molecule has 1 atom stereocenters. The molecule has 1 saturated heterocycles. The van der Waals surface area contributed by atoms with E-state index in [9.17, 15) is 14.4 Å². The van der Waals surface area contributed by atoms with Crippen LogP contribution in [0.15, 0.2) is 60.7 Å². The predicted octanol–water partition coefficient (Wildman–Crippen LogP) is 4.49. The van der Waals surface area contributed by atoms with E-state index in [1.54, 1.807) is 33.5 Å². The molecule has 0 saturated carbocycles. The van der Waals surface area contributed by atoms with Gasteiger partial charge in [-0.05, 0) is 66.3 Å². The summed E-state index contributed by atoms with van der Waals surface area (Å²) in [7, 11) is 7.61. The predicted molar refractivity (Wildman–Crippen MR) is 164 cm³/mol. The third-order valence-corrected chi connectivity index (χ3v) is 8.76. The van der Waals surface area contributed by atoms with E-state index < -0.39 is 23.3 Å². The summed E-state index contributed by atoms with van der Waals surface area (Å²) in [5.41, 5.74) is 2.35. The molecule has 0 radical (unpaired) electrons. The second-order valence-corrected chi connectivity index (χ2v) is 11.3. The van der Waals surface area contributed by atoms with Crippen LogP contribution in [0.1, 0.15) is 35.2 Å². The Morgan fingerprint density at radius 3 is 2.02 bits per heavy atom. The highest BCUT2D eigenvalue weighted by Crippen LogP contribution is 2.42. The topological polar surface area (TPSA) is 97.8 Å². The van der Waals surface area contributed by atoms with Gasteiger partial charge in [0.15, 0.2) is 23.0 Å². The number of fused-ring (bicyclic) bond motifs is 1. The van der Waals surface area contributed by atoms with E-state index >= 15 is 0 Å². The summed E-state index contributed by atoms with van der Waals surface area (Å²) in [6, 6.07) is 18.4. The third-order valence-electron chi connectivity index (χ3n) is 8.76. The quantitative estimate of drug-likeness (QED) is 0.314. The van der Waals surface area contributed by atoms with Crippen LogP contribution in [0.4, 0.5) is 4.79 Å². The Morgan fingerprint density at radius 1 is 0.773 bits per heavy atom. The maximum Gasteiger partial charge on any atom is 0.332 e. The van der Waals surface area contributed by atoms with Gasteiger partial charge in [0.25, 0.3) is 0 Å². The Labute approximate surface area is 258 Å². The monoisotopic (exact) mass is 601 g/mol. The molecular weight excluding hydrogens is 562 g/mol. The van der Waals surface area contributed by atoms with Gasteiger partial charge in [-0.25, -0.2) is 4.79 Å². The average molecular weight is 602 g/mol. The number of hydrogen-bond donors (Lipinski definition) is 0. The summed E-state index contributed by atoms with van der Waals surface area (Å²) in [5, 5.41) is 0. The van der Waals surface area contributed by atoms with Gasteiger partial charge in [-0.2, -0.15) is 0 Å². The highest BCUT2D eigenvalue weighted by atomic mass is 16.5. The lowest BCUT2D eigenvalue weighted by molar-refractivity contribution is -0.159. The summed E-state index contributed by atoms with van der Waals surface area (Å²) in [6.07, 6.45) is 0.772. The fourth-order valence-electron chi connectivity index (χ4n) is 6.26. The van der Waals surface area contributed by atoms with Gasteiger partial charge < -0.3 is 18.9 Å². The molecular formula is C34H39N3O7. The molecule has 2 aliphatic heterocycles. The Hall–Kier alpha value is -4.57. The van der Waals surface area contributed by atoms with E-state index in [1.807, 2.05) is 48.5 Å². The zero-order chi connectivity index (χ0) is 31.6. The van der Waals surface area contributed by atoms with E-state index in [1.165, 1.54) is 14.1 Å². The van der Waals surface area contributed by atoms with Crippen molar-refractivity contribution < 1.29 is 33.3 Å². The lowest BCUT2D eigenvalue weighted by Crippen LogP contribution is -2.67. The van der Waals surface area contributed by atoms with Crippen LogP contribution < -0.4 is 18.9 Å². The van der Waals surface area contributed by atoms with Crippen LogP contribution in [0, 0.1) is 5.41 Å². The molecule has 10 heteroatoms. The standard InChI is InChI=1S/C34H39N3O7/c1-22-26-18-30(43-6)29(42-5)17-25(26)14-15-37(22)21-34(31(38)35(2)33(40)36(3)32(34)39)19-24-12-13-27(28(16-24)41-4)44-20-23-10-8-7-9-11-23/h7-13,16-18,22H,14-15,19-21H2,1-6H3/t22-/m0/s1. The largest absolute Gasteiger partial charge is 0.493 e. The Kier molecular flexibility index (Phi) is 8.82. The first-order chi connectivity index (χ1) is 21.1. The van der Waals surface area contributed by atoms with Gasteiger partial charge >= 0.3 is 6.03 Å². The van der Waals surface area contributed by atoms with Gasteiger partial charge in [0.2, 0.25) is 11.8 Å². The van der Waals surface area contributed by atoms with Crippen molar-refractivity contribution in [2.24, 2.45) is 5.41 Å². The molecule has 1 fully saturated rings. The van der Waals surface area contributed by atoms with Gasteiger partial charge in [0.1, 0.15) is 12.0 Å². The molecule has 4 amide bonds. The number of carbonyl (C=O) groups is 3. The second kappa shape index (κ2) is 12.6. The maximum atomic E-state index is 14.0. The van der Waals surface area contributed by atoms with Crippen LogP contribution in [0.3, 0.4) is 0 Å². The molecule has 2 heterocycles. The molecule has 3 aromatic carbocycles. The Morgan fingerprint density at radius 2 is 1.39 bits per heavy atom. The molecule has 0 N–H and O–H groups in total. The summed E-state index contributed by atoms with van der Waals surface area (Å²) < 4.78 is 22.7. The van der Waals surface area contributed by atoms with Crippen LogP contribution in [0.5, 0.6) is 23.0 Å². The van der Waals surface area contributed by atoms with Crippen molar-refractivity contribution in [1.29, 1.82) is 0 Å². The van der Waals surface area contributed by atoms with Crippen molar-refractivity contribution in [3.05, 3.63) is 82.9 Å². The maximum absolute atomic E-state index is 14.0. The smallest absolute Gasteiger partial charge is 0.332 e. The van der Waals surface area contributed by atoms with E-state index in [-0.39, 0.29) is 19.0 Å². The number of rotatable bonds is 10. The zero-order valence-corrected chi connectivity index (χ0v) is 26.1. The van der Waals surface area contributed by atoms with Crippen LogP contribution in [-0.4, -0.2) is 81.1 Å². The normalized spacial score (nSPS) is 18.2. The van der Waals surface area contributed by atoms with Gasteiger partial charge in [-0.1, -0.05) is 36.4 Å². The number of methoxy groups -OCH3 is 3. The SMILES string of the molecule is COc1cc2c(cc1OC)[C@H](C)N(CC1(Cc3ccc(OCc4ccccc4)c(OC)c3)C(=O)N(C)C(=O)N(C)C1=O)CC2. The van der Waals surface area contributed by atoms with Crippen LogP contribution in [-0.2, 0) is 29.0 Å².